The first kappa shape index (κ1) is 35.4. The molecule has 10 aromatic carbocycles. The van der Waals surface area contributed by atoms with Gasteiger partial charge < -0.3 is 9.80 Å². The van der Waals surface area contributed by atoms with Crippen molar-refractivity contribution in [2.75, 3.05) is 9.80 Å². The average Bonchev–Trinajstić information content (AvgIpc) is 3.95. The number of anilines is 6. The van der Waals surface area contributed by atoms with Gasteiger partial charge in [-0.1, -0.05) is 182 Å². The molecule has 10 aromatic rings. The Hall–Kier alpha value is -8.20. The van der Waals surface area contributed by atoms with Crippen LogP contribution in [0.15, 0.2) is 243 Å². The summed E-state index contributed by atoms with van der Waals surface area (Å²) in [5, 5.41) is 0. The van der Waals surface area contributed by atoms with E-state index >= 15 is 0 Å². The van der Waals surface area contributed by atoms with E-state index in [9.17, 15) is 0 Å². The molecule has 2 heteroatoms. The highest BCUT2D eigenvalue weighted by Gasteiger charge is 2.53. The van der Waals surface area contributed by atoms with Crippen molar-refractivity contribution in [2.24, 2.45) is 0 Å². The largest absolute Gasteiger partial charge is 0.310 e. The third kappa shape index (κ3) is 4.44. The van der Waals surface area contributed by atoms with E-state index in [1.54, 1.807) is 0 Å². The van der Waals surface area contributed by atoms with Gasteiger partial charge in [-0.05, 0) is 139 Å². The molecule has 0 atom stereocenters. The van der Waals surface area contributed by atoms with Crippen molar-refractivity contribution in [2.45, 2.75) is 10.8 Å². The first-order valence-electron chi connectivity index (χ1n) is 22.4. The highest BCUT2D eigenvalue weighted by molar-refractivity contribution is 5.99. The number of fused-ring (bicyclic) bond motifs is 19. The van der Waals surface area contributed by atoms with Crippen LogP contribution in [0.3, 0.4) is 0 Å². The molecule has 0 aromatic heterocycles. The van der Waals surface area contributed by atoms with Gasteiger partial charge in [-0.25, -0.2) is 0 Å². The molecule has 0 saturated heterocycles. The quantitative estimate of drug-likeness (QED) is 0.175. The molecule has 0 N–H and O–H groups in total. The van der Waals surface area contributed by atoms with Crippen LogP contribution < -0.4 is 9.80 Å². The van der Waals surface area contributed by atoms with Gasteiger partial charge in [-0.3, -0.25) is 0 Å². The SMILES string of the molecule is c1ccc(N(c2ccc3c(c2)C2(c4ccccc4-c4ccccc42)c2ccccc2-3)c2ccc3c(c2)C2(c4ccccc4-3)c3ccccc3N(c3ccccc3)c3ccccc32)cc1. The molecule has 0 radical (unpaired) electrons. The second-order valence-corrected chi connectivity index (χ2v) is 17.5. The summed E-state index contributed by atoms with van der Waals surface area (Å²) in [4.78, 5) is 4.94. The Morgan fingerprint density at radius 2 is 0.578 bits per heavy atom. The minimum atomic E-state index is -0.566. The fourth-order valence-electron chi connectivity index (χ4n) is 12.3. The maximum Gasteiger partial charge on any atom is 0.0755 e. The summed E-state index contributed by atoms with van der Waals surface area (Å²) in [7, 11) is 0. The zero-order valence-corrected chi connectivity index (χ0v) is 35.0. The summed E-state index contributed by atoms with van der Waals surface area (Å²) in [6, 6.07) is 90.7. The number of hydrogen-bond acceptors (Lipinski definition) is 2. The van der Waals surface area contributed by atoms with Crippen LogP contribution in [0.25, 0.3) is 33.4 Å². The van der Waals surface area contributed by atoms with Crippen molar-refractivity contribution >= 4 is 34.1 Å². The van der Waals surface area contributed by atoms with Gasteiger partial charge in [-0.2, -0.15) is 0 Å². The summed E-state index contributed by atoms with van der Waals surface area (Å²) in [5.41, 5.74) is 24.2. The second-order valence-electron chi connectivity index (χ2n) is 17.5. The third-order valence-corrected chi connectivity index (χ3v) is 14.7. The van der Waals surface area contributed by atoms with Crippen LogP contribution in [0.4, 0.5) is 34.1 Å². The molecule has 0 saturated carbocycles. The lowest BCUT2D eigenvalue weighted by molar-refractivity contribution is 0.752. The molecule has 0 bridgehead atoms. The van der Waals surface area contributed by atoms with E-state index in [0.717, 1.165) is 22.7 Å². The third-order valence-electron chi connectivity index (χ3n) is 14.7. The molecule has 14 rings (SSSR count). The van der Waals surface area contributed by atoms with Crippen molar-refractivity contribution in [3.8, 4) is 33.4 Å². The summed E-state index contributed by atoms with van der Waals surface area (Å²) >= 11 is 0. The van der Waals surface area contributed by atoms with Crippen LogP contribution in [0.1, 0.15) is 44.5 Å². The predicted octanol–water partition coefficient (Wildman–Crippen LogP) is 15.6. The molecule has 4 aliphatic rings. The molecular weight excluding hydrogens is 773 g/mol. The summed E-state index contributed by atoms with van der Waals surface area (Å²) in [5.74, 6) is 0. The lowest BCUT2D eigenvalue weighted by atomic mass is 9.64. The van der Waals surface area contributed by atoms with E-state index < -0.39 is 10.8 Å². The topological polar surface area (TPSA) is 6.48 Å². The molecule has 2 nitrogen and oxygen atoms in total. The minimum Gasteiger partial charge on any atom is -0.310 e. The van der Waals surface area contributed by atoms with Crippen LogP contribution in [-0.2, 0) is 10.8 Å². The van der Waals surface area contributed by atoms with Crippen LogP contribution in [0.2, 0.25) is 0 Å². The van der Waals surface area contributed by atoms with E-state index in [1.807, 2.05) is 0 Å². The Morgan fingerprint density at radius 1 is 0.250 bits per heavy atom. The van der Waals surface area contributed by atoms with Gasteiger partial charge in [0.1, 0.15) is 0 Å². The molecular formula is C62H40N2. The van der Waals surface area contributed by atoms with E-state index in [4.69, 9.17) is 0 Å². The van der Waals surface area contributed by atoms with E-state index in [0.29, 0.717) is 0 Å². The highest BCUT2D eigenvalue weighted by atomic mass is 15.2. The zero-order valence-electron chi connectivity index (χ0n) is 35.0. The van der Waals surface area contributed by atoms with Crippen LogP contribution in [0, 0.1) is 0 Å². The summed E-state index contributed by atoms with van der Waals surface area (Å²) < 4.78 is 0. The minimum absolute atomic E-state index is 0.443. The monoisotopic (exact) mass is 812 g/mol. The Morgan fingerprint density at radius 3 is 1.02 bits per heavy atom. The van der Waals surface area contributed by atoms with Crippen molar-refractivity contribution < 1.29 is 0 Å². The smallest absolute Gasteiger partial charge is 0.0755 e. The lowest BCUT2D eigenvalue weighted by Gasteiger charge is -2.45. The zero-order chi connectivity index (χ0) is 42.0. The molecule has 298 valence electrons. The van der Waals surface area contributed by atoms with Gasteiger partial charge in [-0.15, -0.1) is 0 Å². The molecule has 1 heterocycles. The molecule has 0 unspecified atom stereocenters. The number of hydrogen-bond donors (Lipinski definition) is 0. The maximum absolute atomic E-state index is 2.51. The molecule has 2 spiro atoms. The van der Waals surface area contributed by atoms with Crippen molar-refractivity contribution in [1.29, 1.82) is 0 Å². The molecule has 1 aliphatic heterocycles. The second kappa shape index (κ2) is 13.2. The number of para-hydroxylation sites is 4. The number of benzene rings is 10. The van der Waals surface area contributed by atoms with Crippen LogP contribution >= 0.6 is 0 Å². The normalized spacial score (nSPS) is 14.5. The Kier molecular flexibility index (Phi) is 7.28. The average molecular weight is 813 g/mol. The molecule has 0 fully saturated rings. The fraction of sp³-hybridized carbons (Fsp3) is 0.0323. The summed E-state index contributed by atoms with van der Waals surface area (Å²) in [6.07, 6.45) is 0. The Balaban J connectivity index is 1.03. The van der Waals surface area contributed by atoms with Crippen LogP contribution in [0.5, 0.6) is 0 Å². The first-order chi connectivity index (χ1) is 31.8. The van der Waals surface area contributed by atoms with E-state index in [1.165, 1.54) is 89.3 Å². The van der Waals surface area contributed by atoms with Crippen molar-refractivity contribution in [3.63, 3.8) is 0 Å². The summed E-state index contributed by atoms with van der Waals surface area (Å²) in [6.45, 7) is 0. The molecule has 64 heavy (non-hydrogen) atoms. The highest BCUT2D eigenvalue weighted by Crippen LogP contribution is 2.65. The van der Waals surface area contributed by atoms with Gasteiger partial charge in [0.05, 0.1) is 22.2 Å². The molecule has 3 aliphatic carbocycles. The van der Waals surface area contributed by atoms with E-state index in [-0.39, 0.29) is 0 Å². The Labute approximate surface area is 373 Å². The number of nitrogens with zero attached hydrogens (tertiary/aromatic N) is 2. The van der Waals surface area contributed by atoms with Gasteiger partial charge in [0.15, 0.2) is 0 Å². The van der Waals surface area contributed by atoms with Gasteiger partial charge in [0.2, 0.25) is 0 Å². The molecule has 0 amide bonds. The lowest BCUT2D eigenvalue weighted by Crippen LogP contribution is -2.36. The van der Waals surface area contributed by atoms with Gasteiger partial charge in [0.25, 0.3) is 0 Å². The predicted molar refractivity (Wildman–Crippen MR) is 263 cm³/mol. The van der Waals surface area contributed by atoms with Crippen molar-refractivity contribution in [1.82, 2.24) is 0 Å². The van der Waals surface area contributed by atoms with Gasteiger partial charge >= 0.3 is 0 Å². The van der Waals surface area contributed by atoms with Crippen LogP contribution in [-0.4, -0.2) is 0 Å². The van der Waals surface area contributed by atoms with Crippen molar-refractivity contribution in [3.05, 3.63) is 287 Å². The Bertz CT molecular complexity index is 3420. The maximum atomic E-state index is 2.51. The van der Waals surface area contributed by atoms with E-state index in [2.05, 4.69) is 252 Å². The first-order valence-corrected chi connectivity index (χ1v) is 22.4. The standard InChI is InChI=1S/C62H40N2/c1-3-19-41(20-4-1)63(43-35-37-49-47-25-9-13-29-53(47)61(57(49)39-43)51-27-11-7-23-45(51)46-24-8-12-28-52(46)61)44-36-38-50-48-26-10-14-30-54(48)62(58(50)40-44)55-31-15-17-33-59(55)64(42-21-5-2-6-22-42)60-34-18-16-32-56(60)62/h1-40H. The van der Waals surface area contributed by atoms with Gasteiger partial charge in [0, 0.05) is 22.7 Å². The fourth-order valence-corrected chi connectivity index (χ4v) is 12.3. The number of rotatable bonds is 4.